The molecular weight excluding hydrogens is 331 g/mol. The summed E-state index contributed by atoms with van der Waals surface area (Å²) in [7, 11) is 0. The fourth-order valence-corrected chi connectivity index (χ4v) is 2.10. The Kier molecular flexibility index (Phi) is 4.58. The number of benzene rings is 1. The molecule has 1 aromatic heterocycles. The molecule has 24 heavy (non-hydrogen) atoms. The van der Waals surface area contributed by atoms with Crippen molar-refractivity contribution in [1.82, 2.24) is 9.55 Å². The summed E-state index contributed by atoms with van der Waals surface area (Å²) in [5.74, 6) is -0.719. The van der Waals surface area contributed by atoms with Crippen LogP contribution in [0.15, 0.2) is 24.5 Å². The number of nitro groups is 1. The molecule has 0 saturated carbocycles. The van der Waals surface area contributed by atoms with Gasteiger partial charge in [0.05, 0.1) is 22.8 Å². The number of hydrogen-bond acceptors (Lipinski definition) is 5. The van der Waals surface area contributed by atoms with E-state index in [0.29, 0.717) is 6.07 Å². The lowest BCUT2D eigenvalue weighted by Gasteiger charge is -2.10. The van der Waals surface area contributed by atoms with Gasteiger partial charge in [-0.3, -0.25) is 14.7 Å². The minimum atomic E-state index is -4.70. The maximum absolute atomic E-state index is 12.7. The van der Waals surface area contributed by atoms with Gasteiger partial charge in [0.2, 0.25) is 0 Å². The summed E-state index contributed by atoms with van der Waals surface area (Å²) < 4.78 is 44.2. The molecule has 0 radical (unpaired) electrons. The number of carbonyl (C=O) groups excluding carboxylic acids is 1. The summed E-state index contributed by atoms with van der Waals surface area (Å²) in [6.45, 7) is 3.18. The summed E-state index contributed by atoms with van der Waals surface area (Å²) in [5.41, 5.74) is -1.86. The van der Waals surface area contributed by atoms with Gasteiger partial charge in [-0.05, 0) is 26.0 Å². The molecule has 0 bridgehead atoms. The average Bonchev–Trinajstić information content (AvgIpc) is 2.87. The SMILES string of the molecule is CCOC(=O)c1ncn(-c2ccc(C(F)(F)F)cc2[N+](=O)[O-])c1C. The molecule has 0 atom stereocenters. The first kappa shape index (κ1) is 17.4. The van der Waals surface area contributed by atoms with E-state index in [1.807, 2.05) is 0 Å². The number of imidazole rings is 1. The lowest BCUT2D eigenvalue weighted by atomic mass is 10.1. The molecule has 0 aliphatic heterocycles. The molecule has 1 heterocycles. The molecule has 7 nitrogen and oxygen atoms in total. The van der Waals surface area contributed by atoms with Crippen molar-refractivity contribution in [2.24, 2.45) is 0 Å². The van der Waals surface area contributed by atoms with Crippen LogP contribution in [0.4, 0.5) is 18.9 Å². The molecule has 0 N–H and O–H groups in total. The highest BCUT2D eigenvalue weighted by Crippen LogP contribution is 2.34. The molecule has 2 rings (SSSR count). The number of hydrogen-bond donors (Lipinski definition) is 0. The van der Waals surface area contributed by atoms with E-state index in [4.69, 9.17) is 4.74 Å². The van der Waals surface area contributed by atoms with Gasteiger partial charge in [0.15, 0.2) is 5.69 Å². The zero-order chi connectivity index (χ0) is 18.1. The Labute approximate surface area is 133 Å². The summed E-state index contributed by atoms with van der Waals surface area (Å²) in [4.78, 5) is 25.8. The molecule has 0 amide bonds. The van der Waals surface area contributed by atoms with Crippen LogP contribution in [0.3, 0.4) is 0 Å². The second-order valence-electron chi connectivity index (χ2n) is 4.73. The van der Waals surface area contributed by atoms with E-state index >= 15 is 0 Å². The molecule has 0 aliphatic rings. The molecule has 1 aromatic carbocycles. The predicted molar refractivity (Wildman–Crippen MR) is 75.9 cm³/mol. The Morgan fingerprint density at radius 3 is 2.62 bits per heavy atom. The Hall–Kier alpha value is -2.91. The van der Waals surface area contributed by atoms with Crippen LogP contribution in [-0.4, -0.2) is 27.1 Å². The summed E-state index contributed by atoms with van der Waals surface area (Å²) in [6.07, 6.45) is -3.58. The smallest absolute Gasteiger partial charge is 0.416 e. The molecule has 128 valence electrons. The number of alkyl halides is 3. The van der Waals surface area contributed by atoms with Crippen molar-refractivity contribution in [3.8, 4) is 5.69 Å². The van der Waals surface area contributed by atoms with E-state index in [9.17, 15) is 28.1 Å². The molecule has 0 aliphatic carbocycles. The Bertz CT molecular complexity index is 799. The minimum absolute atomic E-state index is 0.0638. The molecule has 10 heteroatoms. The van der Waals surface area contributed by atoms with Crippen molar-refractivity contribution in [3.05, 3.63) is 51.6 Å². The third kappa shape index (κ3) is 3.21. The van der Waals surface area contributed by atoms with Gasteiger partial charge < -0.3 is 4.74 Å². The molecule has 0 spiro atoms. The van der Waals surface area contributed by atoms with Gasteiger partial charge in [-0.2, -0.15) is 13.2 Å². The topological polar surface area (TPSA) is 87.3 Å². The monoisotopic (exact) mass is 343 g/mol. The second kappa shape index (κ2) is 6.30. The van der Waals surface area contributed by atoms with Crippen LogP contribution in [0.5, 0.6) is 0 Å². The molecule has 2 aromatic rings. The fraction of sp³-hybridized carbons (Fsp3) is 0.286. The van der Waals surface area contributed by atoms with E-state index < -0.39 is 28.3 Å². The van der Waals surface area contributed by atoms with Crippen LogP contribution >= 0.6 is 0 Å². The largest absolute Gasteiger partial charge is 0.461 e. The normalized spacial score (nSPS) is 11.4. The highest BCUT2D eigenvalue weighted by Gasteiger charge is 2.33. The zero-order valence-electron chi connectivity index (χ0n) is 12.6. The Morgan fingerprint density at radius 1 is 1.42 bits per heavy atom. The maximum atomic E-state index is 12.7. The summed E-state index contributed by atoms with van der Waals surface area (Å²) >= 11 is 0. The first-order valence-electron chi connectivity index (χ1n) is 6.73. The van der Waals surface area contributed by atoms with Gasteiger partial charge >= 0.3 is 12.1 Å². The van der Waals surface area contributed by atoms with Crippen molar-refractivity contribution in [3.63, 3.8) is 0 Å². The average molecular weight is 343 g/mol. The lowest BCUT2D eigenvalue weighted by molar-refractivity contribution is -0.384. The quantitative estimate of drug-likeness (QED) is 0.483. The van der Waals surface area contributed by atoms with Gasteiger partial charge in [-0.15, -0.1) is 0 Å². The first-order valence-corrected chi connectivity index (χ1v) is 6.73. The number of nitrogens with zero attached hydrogens (tertiary/aromatic N) is 3. The van der Waals surface area contributed by atoms with E-state index in [0.717, 1.165) is 18.5 Å². The number of aromatic nitrogens is 2. The van der Waals surface area contributed by atoms with Crippen LogP contribution in [0.1, 0.15) is 28.7 Å². The zero-order valence-corrected chi connectivity index (χ0v) is 12.6. The van der Waals surface area contributed by atoms with Gasteiger partial charge in [0.1, 0.15) is 12.0 Å². The van der Waals surface area contributed by atoms with Gasteiger partial charge in [-0.25, -0.2) is 9.78 Å². The third-order valence-electron chi connectivity index (χ3n) is 3.23. The van der Waals surface area contributed by atoms with E-state index in [2.05, 4.69) is 4.98 Å². The van der Waals surface area contributed by atoms with Crippen LogP contribution in [0, 0.1) is 17.0 Å². The molecule has 0 unspecified atom stereocenters. The lowest BCUT2D eigenvalue weighted by Crippen LogP contribution is -2.09. The Morgan fingerprint density at radius 2 is 2.08 bits per heavy atom. The standard InChI is InChI=1S/C14H12F3N3O4/c1-3-24-13(21)12-8(2)19(7-18-12)10-5-4-9(14(15,16)17)6-11(10)20(22)23/h4-7H,3H2,1-2H3. The molecule has 0 fully saturated rings. The summed E-state index contributed by atoms with van der Waals surface area (Å²) in [5, 5.41) is 11.1. The highest BCUT2D eigenvalue weighted by atomic mass is 19.4. The van der Waals surface area contributed by atoms with Crippen LogP contribution in [0.2, 0.25) is 0 Å². The van der Waals surface area contributed by atoms with Crippen molar-refractivity contribution in [2.45, 2.75) is 20.0 Å². The second-order valence-corrected chi connectivity index (χ2v) is 4.73. The number of nitro benzene ring substituents is 1. The van der Waals surface area contributed by atoms with E-state index in [1.54, 1.807) is 6.92 Å². The fourth-order valence-electron chi connectivity index (χ4n) is 2.10. The number of halogens is 3. The number of rotatable bonds is 4. The van der Waals surface area contributed by atoms with E-state index in [-0.39, 0.29) is 23.7 Å². The third-order valence-corrected chi connectivity index (χ3v) is 3.23. The van der Waals surface area contributed by atoms with Crippen molar-refractivity contribution >= 4 is 11.7 Å². The van der Waals surface area contributed by atoms with Gasteiger partial charge in [-0.1, -0.05) is 0 Å². The predicted octanol–water partition coefficient (Wildman–Crippen LogP) is 3.28. The highest BCUT2D eigenvalue weighted by molar-refractivity contribution is 5.88. The summed E-state index contributed by atoms with van der Waals surface area (Å²) in [6, 6.07) is 2.13. The Balaban J connectivity index is 2.57. The maximum Gasteiger partial charge on any atom is 0.416 e. The minimum Gasteiger partial charge on any atom is -0.461 e. The first-order chi connectivity index (χ1) is 11.2. The number of esters is 1. The van der Waals surface area contributed by atoms with Gasteiger partial charge in [0.25, 0.3) is 5.69 Å². The van der Waals surface area contributed by atoms with Crippen LogP contribution in [-0.2, 0) is 10.9 Å². The molecular formula is C14H12F3N3O4. The van der Waals surface area contributed by atoms with Crippen molar-refractivity contribution < 1.29 is 27.6 Å². The van der Waals surface area contributed by atoms with Crippen molar-refractivity contribution in [2.75, 3.05) is 6.61 Å². The molecule has 0 saturated heterocycles. The van der Waals surface area contributed by atoms with Gasteiger partial charge in [0, 0.05) is 6.07 Å². The van der Waals surface area contributed by atoms with Crippen molar-refractivity contribution in [1.29, 1.82) is 0 Å². The van der Waals surface area contributed by atoms with Crippen LogP contribution < -0.4 is 0 Å². The number of ether oxygens (including phenoxy) is 1. The number of carbonyl (C=O) groups is 1. The van der Waals surface area contributed by atoms with E-state index in [1.165, 1.54) is 11.5 Å². The van der Waals surface area contributed by atoms with Crippen LogP contribution in [0.25, 0.3) is 5.69 Å².